The molecule has 0 unspecified atom stereocenters. The van der Waals surface area contributed by atoms with Crippen molar-refractivity contribution in [1.82, 2.24) is 10.2 Å². The number of rotatable bonds is 8. The smallest absolute Gasteiger partial charge is 0.240 e. The highest BCUT2D eigenvalue weighted by Crippen LogP contribution is 2.47. The molecule has 0 heterocycles. The Morgan fingerprint density at radius 3 is 2.46 bits per heavy atom. The van der Waals surface area contributed by atoms with Crippen LogP contribution in [0, 0.1) is 5.41 Å². The van der Waals surface area contributed by atoms with Gasteiger partial charge in [-0.15, -0.1) is 0 Å². The molecule has 2 rings (SSSR count). The van der Waals surface area contributed by atoms with Crippen molar-refractivity contribution in [2.75, 3.05) is 32.5 Å². The molecule has 6 heteroatoms. The third-order valence-electron chi connectivity index (χ3n) is 3.96. The summed E-state index contributed by atoms with van der Waals surface area (Å²) in [6.45, 7) is 5.14. The van der Waals surface area contributed by atoms with Crippen LogP contribution < -0.4 is 15.4 Å². The van der Waals surface area contributed by atoms with Crippen LogP contribution in [0.1, 0.15) is 26.7 Å². The van der Waals surface area contributed by atoms with Crippen molar-refractivity contribution >= 4 is 17.5 Å². The van der Waals surface area contributed by atoms with Crippen molar-refractivity contribution in [2.24, 2.45) is 5.41 Å². The summed E-state index contributed by atoms with van der Waals surface area (Å²) in [5.74, 6) is 0.165. The topological polar surface area (TPSA) is 70.7 Å². The summed E-state index contributed by atoms with van der Waals surface area (Å²) in [6, 6.07) is 7.29. The fourth-order valence-corrected chi connectivity index (χ4v) is 2.41. The van der Waals surface area contributed by atoms with E-state index in [2.05, 4.69) is 10.6 Å². The maximum absolute atomic E-state index is 12.6. The highest BCUT2D eigenvalue weighted by atomic mass is 16.5. The van der Waals surface area contributed by atoms with E-state index in [0.29, 0.717) is 30.8 Å². The molecule has 0 bridgehead atoms. The molecule has 0 radical (unpaired) electrons. The number of carbonyl (C=O) groups excluding carboxylic acids is 2. The van der Waals surface area contributed by atoms with E-state index < -0.39 is 5.41 Å². The van der Waals surface area contributed by atoms with Crippen LogP contribution in [0.4, 0.5) is 5.69 Å². The molecular weight excluding hydrogens is 306 g/mol. The molecule has 1 aliphatic rings. The first-order chi connectivity index (χ1) is 11.3. The molecule has 0 aliphatic heterocycles. The number of amides is 2. The second-order valence-electron chi connectivity index (χ2n) is 6.76. The molecule has 24 heavy (non-hydrogen) atoms. The van der Waals surface area contributed by atoms with Crippen molar-refractivity contribution in [3.63, 3.8) is 0 Å². The first-order valence-corrected chi connectivity index (χ1v) is 8.35. The van der Waals surface area contributed by atoms with Crippen molar-refractivity contribution in [1.29, 1.82) is 0 Å². The van der Waals surface area contributed by atoms with Crippen molar-refractivity contribution in [2.45, 2.75) is 32.8 Å². The average molecular weight is 333 g/mol. The Labute approximate surface area is 143 Å². The number of benzene rings is 1. The molecular formula is C18H27N3O3. The van der Waals surface area contributed by atoms with Crippen LogP contribution in [0.15, 0.2) is 24.3 Å². The number of anilines is 1. The maximum Gasteiger partial charge on any atom is 0.240 e. The predicted octanol–water partition coefficient (Wildman–Crippen LogP) is 1.87. The minimum Gasteiger partial charge on any atom is -0.489 e. The van der Waals surface area contributed by atoms with Gasteiger partial charge in [-0.1, -0.05) is 12.1 Å². The Morgan fingerprint density at radius 1 is 1.21 bits per heavy atom. The van der Waals surface area contributed by atoms with Crippen LogP contribution in [0.5, 0.6) is 5.75 Å². The zero-order valence-electron chi connectivity index (χ0n) is 14.9. The van der Waals surface area contributed by atoms with E-state index >= 15 is 0 Å². The molecule has 2 amide bonds. The number of nitrogens with zero attached hydrogens (tertiary/aromatic N) is 1. The number of hydrogen-bond acceptors (Lipinski definition) is 4. The maximum atomic E-state index is 12.6. The van der Waals surface area contributed by atoms with Crippen LogP contribution in [0.25, 0.3) is 0 Å². The molecule has 1 fully saturated rings. The van der Waals surface area contributed by atoms with E-state index in [-0.39, 0.29) is 17.9 Å². The van der Waals surface area contributed by atoms with Gasteiger partial charge in [-0.25, -0.2) is 0 Å². The van der Waals surface area contributed by atoms with Gasteiger partial charge in [0.25, 0.3) is 0 Å². The number of hydrogen-bond donors (Lipinski definition) is 2. The van der Waals surface area contributed by atoms with E-state index in [1.54, 1.807) is 6.07 Å². The van der Waals surface area contributed by atoms with Gasteiger partial charge in [0.1, 0.15) is 11.2 Å². The summed E-state index contributed by atoms with van der Waals surface area (Å²) in [4.78, 5) is 27.0. The molecule has 0 aromatic heterocycles. The SMILES string of the molecule is CC(C)Oc1ccccc1NC(=O)C1(C(=O)NCCN(C)C)CC1. The average Bonchev–Trinajstić information content (AvgIpc) is 3.30. The monoisotopic (exact) mass is 333 g/mol. The summed E-state index contributed by atoms with van der Waals surface area (Å²) in [7, 11) is 3.88. The second-order valence-corrected chi connectivity index (χ2v) is 6.76. The van der Waals surface area contributed by atoms with Gasteiger partial charge in [-0.2, -0.15) is 0 Å². The minimum absolute atomic E-state index is 0.00673. The van der Waals surface area contributed by atoms with E-state index in [0.717, 1.165) is 6.54 Å². The number of likely N-dealkylation sites (N-methyl/N-ethyl adjacent to an activating group) is 1. The van der Waals surface area contributed by atoms with E-state index in [4.69, 9.17) is 4.74 Å². The van der Waals surface area contributed by atoms with Gasteiger partial charge in [0.2, 0.25) is 11.8 Å². The standard InChI is InChI=1S/C18H27N3O3/c1-13(2)24-15-8-6-5-7-14(15)20-17(23)18(9-10-18)16(22)19-11-12-21(3)4/h5-8,13H,9-12H2,1-4H3,(H,19,22)(H,20,23). The highest BCUT2D eigenvalue weighted by Gasteiger charge is 2.56. The summed E-state index contributed by atoms with van der Waals surface area (Å²) in [5, 5.41) is 5.72. The van der Waals surface area contributed by atoms with E-state index in [9.17, 15) is 9.59 Å². The molecule has 2 N–H and O–H groups in total. The van der Waals surface area contributed by atoms with Gasteiger partial charge in [0.15, 0.2) is 0 Å². The summed E-state index contributed by atoms with van der Waals surface area (Å²) < 4.78 is 5.71. The second kappa shape index (κ2) is 7.66. The Bertz CT molecular complexity index is 595. The van der Waals surface area contributed by atoms with Gasteiger partial charge in [0.05, 0.1) is 11.8 Å². The predicted molar refractivity (Wildman–Crippen MR) is 94.1 cm³/mol. The lowest BCUT2D eigenvalue weighted by Crippen LogP contribution is -2.42. The quantitative estimate of drug-likeness (QED) is 0.713. The van der Waals surface area contributed by atoms with Crippen LogP contribution in [-0.2, 0) is 9.59 Å². The zero-order chi connectivity index (χ0) is 17.7. The summed E-state index contributed by atoms with van der Waals surface area (Å²) >= 11 is 0. The molecule has 1 saturated carbocycles. The lowest BCUT2D eigenvalue weighted by atomic mass is 10.0. The Balaban J connectivity index is 2.00. The Kier molecular flexibility index (Phi) is 5.83. The lowest BCUT2D eigenvalue weighted by Gasteiger charge is -2.19. The normalized spacial score (nSPS) is 15.2. The molecule has 1 aromatic carbocycles. The first-order valence-electron chi connectivity index (χ1n) is 8.35. The van der Waals surface area contributed by atoms with Gasteiger partial charge in [-0.3, -0.25) is 9.59 Å². The molecule has 0 spiro atoms. The highest BCUT2D eigenvalue weighted by molar-refractivity contribution is 6.13. The molecule has 0 atom stereocenters. The largest absolute Gasteiger partial charge is 0.489 e. The van der Waals surface area contributed by atoms with Crippen LogP contribution in [-0.4, -0.2) is 50.0 Å². The number of ether oxygens (including phenoxy) is 1. The third-order valence-corrected chi connectivity index (χ3v) is 3.96. The summed E-state index contributed by atoms with van der Waals surface area (Å²) in [6.07, 6.45) is 1.17. The van der Waals surface area contributed by atoms with Crippen LogP contribution in [0.3, 0.4) is 0 Å². The fourth-order valence-electron chi connectivity index (χ4n) is 2.41. The number of nitrogens with one attached hydrogen (secondary N) is 2. The van der Waals surface area contributed by atoms with Gasteiger partial charge >= 0.3 is 0 Å². The number of carbonyl (C=O) groups is 2. The van der Waals surface area contributed by atoms with E-state index in [1.165, 1.54) is 0 Å². The minimum atomic E-state index is -0.933. The fraction of sp³-hybridized carbons (Fsp3) is 0.556. The van der Waals surface area contributed by atoms with Crippen molar-refractivity contribution < 1.29 is 14.3 Å². The lowest BCUT2D eigenvalue weighted by molar-refractivity contribution is -0.134. The third kappa shape index (κ3) is 4.47. The molecule has 132 valence electrons. The first kappa shape index (κ1) is 18.3. The number of para-hydroxylation sites is 2. The van der Waals surface area contributed by atoms with Gasteiger partial charge in [0, 0.05) is 13.1 Å². The van der Waals surface area contributed by atoms with Gasteiger partial charge < -0.3 is 20.3 Å². The van der Waals surface area contributed by atoms with Crippen molar-refractivity contribution in [3.05, 3.63) is 24.3 Å². The molecule has 1 aromatic rings. The van der Waals surface area contributed by atoms with Crippen molar-refractivity contribution in [3.8, 4) is 5.75 Å². The zero-order valence-corrected chi connectivity index (χ0v) is 14.9. The summed E-state index contributed by atoms with van der Waals surface area (Å²) in [5.41, 5.74) is -0.333. The Morgan fingerprint density at radius 2 is 1.88 bits per heavy atom. The van der Waals surface area contributed by atoms with Gasteiger partial charge in [-0.05, 0) is 52.9 Å². The van der Waals surface area contributed by atoms with E-state index in [1.807, 2.05) is 51.0 Å². The molecule has 1 aliphatic carbocycles. The molecule has 6 nitrogen and oxygen atoms in total. The van der Waals surface area contributed by atoms with Crippen LogP contribution in [0.2, 0.25) is 0 Å². The Hall–Kier alpha value is -2.08. The van der Waals surface area contributed by atoms with Crippen LogP contribution >= 0.6 is 0 Å². The molecule has 0 saturated heterocycles.